The highest BCUT2D eigenvalue weighted by Crippen LogP contribution is 2.48. The van der Waals surface area contributed by atoms with E-state index in [-0.39, 0.29) is 5.44 Å². The molecule has 1 fully saturated rings. The van der Waals surface area contributed by atoms with Gasteiger partial charge in [0.05, 0.1) is 11.2 Å². The van der Waals surface area contributed by atoms with Gasteiger partial charge in [-0.3, -0.25) is 3.97 Å². The topological polar surface area (TPSA) is 50.4 Å². The Bertz CT molecular complexity index is 505. The molecule has 1 N–H and O–H groups in total. The van der Waals surface area contributed by atoms with Crippen molar-refractivity contribution in [2.24, 2.45) is 16.8 Å². The number of hydrogen-bond acceptors (Lipinski definition) is 3. The summed E-state index contributed by atoms with van der Waals surface area (Å²) in [5, 5.41) is 12.0. The van der Waals surface area contributed by atoms with Crippen LogP contribution in [0.1, 0.15) is 58.8 Å². The zero-order valence-electron chi connectivity index (χ0n) is 13.1. The Morgan fingerprint density at radius 3 is 2.81 bits per heavy atom. The lowest BCUT2D eigenvalue weighted by Gasteiger charge is -2.31. The Hall–Kier alpha value is -0.810. The molecule has 3 rings (SSSR count). The number of aliphatic hydroxyl groups excluding tert-OH is 1. The molecule has 1 aliphatic heterocycles. The van der Waals surface area contributed by atoms with Gasteiger partial charge in [0.15, 0.2) is 5.82 Å². The Morgan fingerprint density at radius 1 is 1.33 bits per heavy atom. The lowest BCUT2D eigenvalue weighted by Crippen LogP contribution is -2.21. The zero-order valence-corrected chi connectivity index (χ0v) is 14.0. The number of aromatic nitrogens is 2. The second-order valence-corrected chi connectivity index (χ2v) is 9.02. The predicted octanol–water partition coefficient (Wildman–Crippen LogP) is 4.03. The number of fused-ring (bicyclic) bond motifs is 1. The Labute approximate surface area is 130 Å². The van der Waals surface area contributed by atoms with Gasteiger partial charge >= 0.3 is 0 Å². The number of imidazole rings is 1. The van der Waals surface area contributed by atoms with Gasteiger partial charge in [-0.15, -0.1) is 11.1 Å². The number of hydrogen-bond donors (Lipinski definition) is 2. The molecule has 1 aromatic rings. The lowest BCUT2D eigenvalue weighted by molar-refractivity contribution is 0.201. The second kappa shape index (κ2) is 6.53. The normalized spacial score (nSPS) is 25.9. The van der Waals surface area contributed by atoms with E-state index in [1.165, 1.54) is 37.1 Å². The van der Waals surface area contributed by atoms with E-state index in [9.17, 15) is 5.11 Å². The number of nitrogens with zero attached hydrogens (tertiary/aromatic N) is 3. The van der Waals surface area contributed by atoms with Crippen LogP contribution in [0.3, 0.4) is 0 Å². The molecule has 118 valence electrons. The first kappa shape index (κ1) is 15.1. The molecule has 0 bridgehead atoms. The highest BCUT2D eigenvalue weighted by molar-refractivity contribution is 8.29. The van der Waals surface area contributed by atoms with Gasteiger partial charge in [-0.25, -0.2) is 9.98 Å². The molecule has 2 heterocycles. The van der Waals surface area contributed by atoms with Crippen LogP contribution < -0.4 is 0 Å². The fourth-order valence-corrected chi connectivity index (χ4v) is 6.10. The van der Waals surface area contributed by atoms with Crippen molar-refractivity contribution in [3.05, 3.63) is 12.5 Å². The summed E-state index contributed by atoms with van der Waals surface area (Å²) in [7, 11) is 0. The molecule has 2 atom stereocenters. The van der Waals surface area contributed by atoms with Crippen molar-refractivity contribution in [2.75, 3.05) is 0 Å². The second-order valence-electron chi connectivity index (χ2n) is 6.79. The Kier molecular flexibility index (Phi) is 4.69. The number of thiol groups is 1. The van der Waals surface area contributed by atoms with E-state index in [0.717, 1.165) is 18.7 Å². The monoisotopic (exact) mass is 309 g/mol. The summed E-state index contributed by atoms with van der Waals surface area (Å²) in [5.74, 6) is 2.21. The molecule has 4 nitrogen and oxygen atoms in total. The minimum atomic E-state index is -0.746. The SMILES string of the molecule is CC(C)CC1=Nc2cncn2[SH]1C(O)CC1CCCCC1. The predicted molar refractivity (Wildman–Crippen MR) is 90.4 cm³/mol. The van der Waals surface area contributed by atoms with Crippen molar-refractivity contribution < 1.29 is 5.11 Å². The highest BCUT2D eigenvalue weighted by Gasteiger charge is 2.31. The molecule has 0 spiro atoms. The first-order valence-corrected chi connectivity index (χ1v) is 9.59. The summed E-state index contributed by atoms with van der Waals surface area (Å²) in [6, 6.07) is 0. The van der Waals surface area contributed by atoms with Crippen LogP contribution in [0.15, 0.2) is 17.5 Å². The number of aliphatic imine (C=N–C) groups is 1. The van der Waals surface area contributed by atoms with Gasteiger partial charge in [-0.2, -0.15) is 0 Å². The van der Waals surface area contributed by atoms with E-state index in [4.69, 9.17) is 4.99 Å². The Morgan fingerprint density at radius 2 is 2.10 bits per heavy atom. The molecule has 2 unspecified atom stereocenters. The van der Waals surface area contributed by atoms with Gasteiger partial charge in [0.2, 0.25) is 0 Å². The number of rotatable bonds is 5. The van der Waals surface area contributed by atoms with Crippen LogP contribution in [0.2, 0.25) is 0 Å². The van der Waals surface area contributed by atoms with Gasteiger partial charge in [0, 0.05) is 0 Å². The van der Waals surface area contributed by atoms with Crippen molar-refractivity contribution in [3.63, 3.8) is 0 Å². The lowest BCUT2D eigenvalue weighted by atomic mass is 9.87. The standard InChI is InChI=1S/C16H27N3OS/c1-12(2)8-15-18-14-10-17-11-19(14)21(15)16(20)9-13-6-4-3-5-7-13/h10-13,16,20-21H,3-9H2,1-2H3. The van der Waals surface area contributed by atoms with Gasteiger partial charge in [-0.05, 0) is 24.7 Å². The van der Waals surface area contributed by atoms with E-state index in [1.807, 2.05) is 12.5 Å². The van der Waals surface area contributed by atoms with Gasteiger partial charge in [0.25, 0.3) is 0 Å². The molecule has 0 amide bonds. The zero-order chi connectivity index (χ0) is 14.8. The summed E-state index contributed by atoms with van der Waals surface area (Å²) in [6.45, 7) is 4.44. The summed E-state index contributed by atoms with van der Waals surface area (Å²) in [4.78, 5) is 8.93. The van der Waals surface area contributed by atoms with E-state index in [2.05, 4.69) is 22.8 Å². The third-order valence-electron chi connectivity index (χ3n) is 4.48. The fourth-order valence-electron chi connectivity index (χ4n) is 3.48. The third kappa shape index (κ3) is 3.34. The molecule has 5 heteroatoms. The van der Waals surface area contributed by atoms with Crippen LogP contribution in [-0.4, -0.2) is 24.5 Å². The summed E-state index contributed by atoms with van der Waals surface area (Å²) >= 11 is -0.746. The Balaban J connectivity index is 1.73. The average Bonchev–Trinajstić information content (AvgIpc) is 2.99. The van der Waals surface area contributed by atoms with Crippen molar-refractivity contribution in [2.45, 2.75) is 64.2 Å². The quantitative estimate of drug-likeness (QED) is 0.807. The largest absolute Gasteiger partial charge is 0.382 e. The molecular formula is C16H27N3OS. The molecule has 0 aromatic carbocycles. The highest BCUT2D eigenvalue weighted by atomic mass is 32.2. The van der Waals surface area contributed by atoms with Crippen LogP contribution in [0.5, 0.6) is 0 Å². The summed E-state index contributed by atoms with van der Waals surface area (Å²) in [6.07, 6.45) is 12.2. The van der Waals surface area contributed by atoms with Crippen molar-refractivity contribution in [1.29, 1.82) is 0 Å². The minimum Gasteiger partial charge on any atom is -0.382 e. The molecule has 2 aliphatic rings. The molecule has 0 saturated heterocycles. The maximum Gasteiger partial charge on any atom is 0.162 e. The van der Waals surface area contributed by atoms with Crippen molar-refractivity contribution in [1.82, 2.24) is 8.96 Å². The van der Waals surface area contributed by atoms with E-state index < -0.39 is 11.1 Å². The first-order chi connectivity index (χ1) is 10.1. The summed E-state index contributed by atoms with van der Waals surface area (Å²) in [5.41, 5.74) is -0.268. The van der Waals surface area contributed by atoms with Gasteiger partial charge < -0.3 is 5.11 Å². The van der Waals surface area contributed by atoms with E-state index in [1.54, 1.807) is 0 Å². The molecule has 1 aromatic heterocycles. The van der Waals surface area contributed by atoms with E-state index in [0.29, 0.717) is 11.8 Å². The average molecular weight is 309 g/mol. The van der Waals surface area contributed by atoms with Crippen LogP contribution >= 0.6 is 11.1 Å². The smallest absolute Gasteiger partial charge is 0.162 e. The molecular weight excluding hydrogens is 282 g/mol. The summed E-state index contributed by atoms with van der Waals surface area (Å²) < 4.78 is 2.13. The molecule has 1 aliphatic carbocycles. The maximum atomic E-state index is 10.8. The van der Waals surface area contributed by atoms with Gasteiger partial charge in [0.1, 0.15) is 11.8 Å². The molecule has 0 radical (unpaired) electrons. The molecule has 21 heavy (non-hydrogen) atoms. The first-order valence-electron chi connectivity index (χ1n) is 8.22. The van der Waals surface area contributed by atoms with Crippen molar-refractivity contribution in [3.8, 4) is 0 Å². The van der Waals surface area contributed by atoms with E-state index >= 15 is 0 Å². The van der Waals surface area contributed by atoms with Gasteiger partial charge in [-0.1, -0.05) is 46.0 Å². The molecule has 1 saturated carbocycles. The fraction of sp³-hybridized carbons (Fsp3) is 0.750. The maximum absolute atomic E-state index is 10.8. The van der Waals surface area contributed by atoms with Crippen LogP contribution in [-0.2, 0) is 0 Å². The van der Waals surface area contributed by atoms with Crippen LogP contribution in [0, 0.1) is 11.8 Å². The minimum absolute atomic E-state index is 0.268. The van der Waals surface area contributed by atoms with Crippen LogP contribution in [0.25, 0.3) is 0 Å². The van der Waals surface area contributed by atoms with Crippen molar-refractivity contribution >= 4 is 21.9 Å². The third-order valence-corrected chi connectivity index (χ3v) is 6.84. The van der Waals surface area contributed by atoms with Crippen LogP contribution in [0.4, 0.5) is 5.82 Å². The number of aliphatic hydroxyl groups is 1.